The predicted molar refractivity (Wildman–Crippen MR) is 154 cm³/mol. The van der Waals surface area contributed by atoms with Gasteiger partial charge >= 0.3 is 0 Å². The third kappa shape index (κ3) is 6.88. The van der Waals surface area contributed by atoms with E-state index in [-0.39, 0.29) is 18.0 Å². The number of benzene rings is 2. The molecule has 0 bridgehead atoms. The summed E-state index contributed by atoms with van der Waals surface area (Å²) < 4.78 is 14.2. The third-order valence-corrected chi connectivity index (χ3v) is 7.17. The molecule has 1 amide bonds. The highest BCUT2D eigenvalue weighted by molar-refractivity contribution is 14.1. The van der Waals surface area contributed by atoms with Crippen molar-refractivity contribution in [1.29, 1.82) is 0 Å². The van der Waals surface area contributed by atoms with E-state index in [9.17, 15) is 4.79 Å². The van der Waals surface area contributed by atoms with Crippen molar-refractivity contribution in [3.8, 4) is 11.5 Å². The summed E-state index contributed by atoms with van der Waals surface area (Å²) in [5.41, 5.74) is 1.99. The number of carbonyl (C=O) groups excluding carboxylic acids is 1. The van der Waals surface area contributed by atoms with Gasteiger partial charge in [0.15, 0.2) is 16.7 Å². The molecule has 5 nitrogen and oxygen atoms in total. The van der Waals surface area contributed by atoms with Crippen LogP contribution in [0.2, 0.25) is 0 Å². The second kappa shape index (κ2) is 11.9. The van der Waals surface area contributed by atoms with E-state index in [1.54, 1.807) is 4.90 Å². The van der Waals surface area contributed by atoms with E-state index in [1.165, 1.54) is 15.3 Å². The molecule has 176 valence electrons. The average molecular weight is 690 g/mol. The summed E-state index contributed by atoms with van der Waals surface area (Å²) in [5.74, 6) is 1.38. The van der Waals surface area contributed by atoms with Crippen molar-refractivity contribution in [3.05, 3.63) is 59.6 Å². The zero-order valence-corrected chi connectivity index (χ0v) is 24.5. The Hall–Kier alpha value is -1.27. The molecule has 3 rings (SSSR count). The minimum Gasteiger partial charge on any atom is -0.490 e. The lowest BCUT2D eigenvalue weighted by molar-refractivity contribution is -0.123. The lowest BCUT2D eigenvalue weighted by Crippen LogP contribution is -2.35. The summed E-state index contributed by atoms with van der Waals surface area (Å²) >= 11 is 5.98. The number of rotatable bonds is 8. The Morgan fingerprint density at radius 2 is 1.79 bits per heavy atom. The molecule has 33 heavy (non-hydrogen) atoms. The minimum atomic E-state index is -0.0126. The monoisotopic (exact) mass is 690 g/mol. The maximum absolute atomic E-state index is 13.1. The number of amidine groups is 1. The Morgan fingerprint density at radius 3 is 2.39 bits per heavy atom. The van der Waals surface area contributed by atoms with Gasteiger partial charge in [-0.25, -0.2) is 0 Å². The Balaban J connectivity index is 1.90. The molecule has 0 aromatic heterocycles. The van der Waals surface area contributed by atoms with Crippen molar-refractivity contribution in [2.75, 3.05) is 6.61 Å². The van der Waals surface area contributed by atoms with Crippen LogP contribution in [0.1, 0.15) is 45.7 Å². The first kappa shape index (κ1) is 26.3. The van der Waals surface area contributed by atoms with Gasteiger partial charge in [0, 0.05) is 15.7 Å². The van der Waals surface area contributed by atoms with E-state index < -0.39 is 0 Å². The van der Waals surface area contributed by atoms with Crippen molar-refractivity contribution < 1.29 is 14.3 Å². The van der Waals surface area contributed by atoms with Gasteiger partial charge in [0.2, 0.25) is 0 Å². The lowest BCUT2D eigenvalue weighted by atomic mass is 10.1. The molecule has 1 aliphatic rings. The SMILES string of the molecule is CCOc1cc(/C=C2/SC(=NC(C)C)N(C(C)C)C2=O)cc(I)c1OCc1ccc(I)cc1. The van der Waals surface area contributed by atoms with Crippen LogP contribution in [0.3, 0.4) is 0 Å². The molecule has 2 aromatic rings. The van der Waals surface area contributed by atoms with E-state index in [4.69, 9.17) is 9.47 Å². The first-order chi connectivity index (χ1) is 15.7. The van der Waals surface area contributed by atoms with Gasteiger partial charge < -0.3 is 9.47 Å². The van der Waals surface area contributed by atoms with E-state index in [2.05, 4.69) is 74.4 Å². The summed E-state index contributed by atoms with van der Waals surface area (Å²) in [7, 11) is 0. The van der Waals surface area contributed by atoms with Crippen molar-refractivity contribution in [2.45, 2.75) is 53.3 Å². The molecule has 1 heterocycles. The van der Waals surface area contributed by atoms with Crippen LogP contribution in [0.25, 0.3) is 6.08 Å². The number of amides is 1. The molecular formula is C25H28I2N2O3S. The topological polar surface area (TPSA) is 51.1 Å². The van der Waals surface area contributed by atoms with Crippen molar-refractivity contribution in [2.24, 2.45) is 4.99 Å². The van der Waals surface area contributed by atoms with E-state index in [0.29, 0.717) is 23.9 Å². The molecule has 0 unspecified atom stereocenters. The van der Waals surface area contributed by atoms with Gasteiger partial charge in [-0.2, -0.15) is 0 Å². The van der Waals surface area contributed by atoms with Crippen LogP contribution in [0.4, 0.5) is 0 Å². The average Bonchev–Trinajstić information content (AvgIpc) is 3.03. The van der Waals surface area contributed by atoms with Crippen LogP contribution in [0, 0.1) is 7.14 Å². The molecular weight excluding hydrogens is 662 g/mol. The number of halogens is 2. The Bertz CT molecular complexity index is 1070. The van der Waals surface area contributed by atoms with E-state index in [1.807, 2.05) is 52.8 Å². The number of hydrogen-bond donors (Lipinski definition) is 0. The highest BCUT2D eigenvalue weighted by atomic mass is 127. The van der Waals surface area contributed by atoms with Gasteiger partial charge in [-0.15, -0.1) is 0 Å². The van der Waals surface area contributed by atoms with Crippen molar-refractivity contribution >= 4 is 74.1 Å². The van der Waals surface area contributed by atoms with Gasteiger partial charge in [0.05, 0.1) is 15.1 Å². The first-order valence-corrected chi connectivity index (χ1v) is 13.8. The maximum Gasteiger partial charge on any atom is 0.266 e. The summed E-state index contributed by atoms with van der Waals surface area (Å²) in [6.45, 7) is 11.0. The zero-order valence-electron chi connectivity index (χ0n) is 19.4. The number of aliphatic imine (C=N–C) groups is 1. The van der Waals surface area contributed by atoms with Gasteiger partial charge in [-0.3, -0.25) is 14.7 Å². The number of ether oxygens (including phenoxy) is 2. The summed E-state index contributed by atoms with van der Waals surface area (Å²) in [6, 6.07) is 12.4. The number of nitrogens with zero attached hydrogens (tertiary/aromatic N) is 2. The second-order valence-corrected chi connectivity index (χ2v) is 11.5. The Kier molecular flexibility index (Phi) is 9.52. The highest BCUT2D eigenvalue weighted by Crippen LogP contribution is 2.38. The third-order valence-electron chi connectivity index (χ3n) is 4.65. The second-order valence-electron chi connectivity index (χ2n) is 8.06. The summed E-state index contributed by atoms with van der Waals surface area (Å²) in [4.78, 5) is 20.2. The minimum absolute atomic E-state index is 0.0126. The molecule has 1 aliphatic heterocycles. The highest BCUT2D eigenvalue weighted by Gasteiger charge is 2.35. The van der Waals surface area contributed by atoms with Crippen molar-refractivity contribution in [1.82, 2.24) is 4.90 Å². The molecule has 0 atom stereocenters. The molecule has 1 saturated heterocycles. The molecule has 0 spiro atoms. The lowest BCUT2D eigenvalue weighted by Gasteiger charge is -2.20. The smallest absolute Gasteiger partial charge is 0.266 e. The maximum atomic E-state index is 13.1. The van der Waals surface area contributed by atoms with Crippen LogP contribution >= 0.6 is 56.9 Å². The number of thioether (sulfide) groups is 1. The van der Waals surface area contributed by atoms with Gasteiger partial charge in [-0.05, 0) is 133 Å². The van der Waals surface area contributed by atoms with Crippen LogP contribution < -0.4 is 9.47 Å². The van der Waals surface area contributed by atoms with Crippen LogP contribution in [0.15, 0.2) is 46.3 Å². The van der Waals surface area contributed by atoms with Crippen LogP contribution in [-0.4, -0.2) is 34.7 Å². The Labute approximate surface area is 227 Å². The fourth-order valence-corrected chi connectivity index (χ4v) is 5.59. The fourth-order valence-electron chi connectivity index (χ4n) is 3.21. The largest absolute Gasteiger partial charge is 0.490 e. The molecule has 0 saturated carbocycles. The van der Waals surface area contributed by atoms with Gasteiger partial charge in [0.25, 0.3) is 5.91 Å². The standard InChI is InChI=1S/C25H28I2N2O3S/c1-6-31-21-12-18(11-20(27)23(21)32-14-17-7-9-19(26)10-8-17)13-22-24(30)29(16(4)5)25(33-22)28-15(2)3/h7-13,15-16H,6,14H2,1-5H3/b22-13+,28-25?. The molecule has 0 radical (unpaired) electrons. The van der Waals surface area contributed by atoms with E-state index >= 15 is 0 Å². The van der Waals surface area contributed by atoms with Gasteiger partial charge in [-0.1, -0.05) is 12.1 Å². The normalized spacial score (nSPS) is 16.5. The van der Waals surface area contributed by atoms with Crippen molar-refractivity contribution in [3.63, 3.8) is 0 Å². The zero-order chi connectivity index (χ0) is 24.1. The quantitative estimate of drug-likeness (QED) is 0.222. The molecule has 8 heteroatoms. The summed E-state index contributed by atoms with van der Waals surface area (Å²) in [5, 5.41) is 0.758. The van der Waals surface area contributed by atoms with Gasteiger partial charge in [0.1, 0.15) is 6.61 Å². The summed E-state index contributed by atoms with van der Waals surface area (Å²) in [6.07, 6.45) is 1.92. The first-order valence-electron chi connectivity index (χ1n) is 10.8. The number of hydrogen-bond acceptors (Lipinski definition) is 5. The van der Waals surface area contributed by atoms with E-state index in [0.717, 1.165) is 25.6 Å². The molecule has 0 N–H and O–H groups in total. The van der Waals surface area contributed by atoms with Crippen LogP contribution in [-0.2, 0) is 11.4 Å². The molecule has 1 fully saturated rings. The number of carbonyl (C=O) groups is 1. The predicted octanol–water partition coefficient (Wildman–Crippen LogP) is 6.96. The fraction of sp³-hybridized carbons (Fsp3) is 0.360. The molecule has 0 aliphatic carbocycles. The molecule has 2 aromatic carbocycles. The van der Waals surface area contributed by atoms with Crippen LogP contribution in [0.5, 0.6) is 11.5 Å². The Morgan fingerprint density at radius 1 is 1.09 bits per heavy atom.